The summed E-state index contributed by atoms with van der Waals surface area (Å²) in [5.41, 5.74) is 1.65. The van der Waals surface area contributed by atoms with Gasteiger partial charge in [-0.1, -0.05) is 0 Å². The number of methoxy groups -OCH3 is 3. The Bertz CT molecular complexity index is 722. The number of carbonyl (C=O) groups is 1. The molecule has 0 unspecified atom stereocenters. The minimum atomic E-state index is 0.228. The lowest BCUT2D eigenvalue weighted by molar-refractivity contribution is 0.0967. The van der Waals surface area contributed by atoms with E-state index in [-0.39, 0.29) is 11.7 Å². The molecule has 2 aromatic carbocycles. The monoisotopic (exact) mass is 342 g/mol. The Kier molecular flexibility index (Phi) is 5.12. The van der Waals surface area contributed by atoms with Gasteiger partial charge in [0.25, 0.3) is 0 Å². The summed E-state index contributed by atoms with van der Waals surface area (Å²) in [5.74, 6) is 2.90. The average molecular weight is 342 g/mol. The van der Waals surface area contributed by atoms with E-state index in [4.69, 9.17) is 18.9 Å². The van der Waals surface area contributed by atoms with E-state index in [1.165, 1.54) is 0 Å². The van der Waals surface area contributed by atoms with Gasteiger partial charge in [-0.2, -0.15) is 0 Å². The van der Waals surface area contributed by atoms with Crippen molar-refractivity contribution in [2.45, 2.75) is 19.4 Å². The molecule has 3 rings (SSSR count). The molecule has 1 aliphatic carbocycles. The summed E-state index contributed by atoms with van der Waals surface area (Å²) in [6.07, 6.45) is 2.02. The Morgan fingerprint density at radius 1 is 0.960 bits per heavy atom. The Labute approximate surface area is 147 Å². The molecular weight excluding hydrogens is 320 g/mol. The second kappa shape index (κ2) is 7.47. The number of ketones is 1. The molecule has 0 atom stereocenters. The second-order valence-electron chi connectivity index (χ2n) is 5.99. The smallest absolute Gasteiger partial charge is 0.203 e. The van der Waals surface area contributed by atoms with E-state index in [1.807, 2.05) is 36.4 Å². The summed E-state index contributed by atoms with van der Waals surface area (Å²) in [5, 5.41) is 0. The maximum atomic E-state index is 12.0. The maximum Gasteiger partial charge on any atom is 0.203 e. The van der Waals surface area contributed by atoms with Crippen LogP contribution in [0.25, 0.3) is 0 Å². The van der Waals surface area contributed by atoms with Gasteiger partial charge in [0.05, 0.1) is 21.3 Å². The topological polar surface area (TPSA) is 54.0 Å². The van der Waals surface area contributed by atoms with Crippen molar-refractivity contribution in [2.24, 2.45) is 5.92 Å². The molecule has 1 saturated carbocycles. The van der Waals surface area contributed by atoms with E-state index in [0.29, 0.717) is 29.6 Å². The lowest BCUT2D eigenvalue weighted by Gasteiger charge is -2.14. The van der Waals surface area contributed by atoms with Crippen molar-refractivity contribution in [1.82, 2.24) is 0 Å². The molecule has 0 aromatic heterocycles. The molecule has 132 valence electrons. The molecule has 5 nitrogen and oxygen atoms in total. The van der Waals surface area contributed by atoms with Gasteiger partial charge in [-0.15, -0.1) is 0 Å². The molecule has 1 aliphatic rings. The van der Waals surface area contributed by atoms with Crippen LogP contribution in [0.5, 0.6) is 23.0 Å². The minimum Gasteiger partial charge on any atom is -0.493 e. The number of hydrogen-bond donors (Lipinski definition) is 0. The van der Waals surface area contributed by atoms with Gasteiger partial charge >= 0.3 is 0 Å². The standard InChI is InChI=1S/C20H22O5/c1-22-17-10-13(11-18(23-2)20(17)24-3)12-25-16-8-6-15(7-9-16)19(21)14-4-5-14/h6-11,14H,4-5,12H2,1-3H3. The summed E-state index contributed by atoms with van der Waals surface area (Å²) < 4.78 is 21.8. The van der Waals surface area contributed by atoms with Crippen LogP contribution in [-0.4, -0.2) is 27.1 Å². The summed E-state index contributed by atoms with van der Waals surface area (Å²) in [7, 11) is 4.73. The van der Waals surface area contributed by atoms with Crippen molar-refractivity contribution in [3.8, 4) is 23.0 Å². The highest BCUT2D eigenvalue weighted by Crippen LogP contribution is 2.38. The molecule has 25 heavy (non-hydrogen) atoms. The zero-order chi connectivity index (χ0) is 17.8. The van der Waals surface area contributed by atoms with Crippen molar-refractivity contribution in [2.75, 3.05) is 21.3 Å². The van der Waals surface area contributed by atoms with Gasteiger partial charge in [0.2, 0.25) is 5.75 Å². The number of carbonyl (C=O) groups excluding carboxylic acids is 1. The van der Waals surface area contributed by atoms with E-state index in [0.717, 1.165) is 24.0 Å². The van der Waals surface area contributed by atoms with Gasteiger partial charge in [0.1, 0.15) is 12.4 Å². The third-order valence-electron chi connectivity index (χ3n) is 4.22. The molecule has 2 aromatic rings. The van der Waals surface area contributed by atoms with E-state index in [1.54, 1.807) is 21.3 Å². The first-order valence-electron chi connectivity index (χ1n) is 8.22. The number of hydrogen-bond acceptors (Lipinski definition) is 5. The number of benzene rings is 2. The summed E-state index contributed by atoms with van der Waals surface area (Å²) in [4.78, 5) is 12.0. The van der Waals surface area contributed by atoms with E-state index in [2.05, 4.69) is 0 Å². The van der Waals surface area contributed by atoms with Gasteiger partial charge in [-0.3, -0.25) is 4.79 Å². The highest BCUT2D eigenvalue weighted by molar-refractivity contribution is 5.99. The van der Waals surface area contributed by atoms with Gasteiger partial charge in [0, 0.05) is 11.5 Å². The number of rotatable bonds is 8. The average Bonchev–Trinajstić information content (AvgIpc) is 3.50. The normalized spacial score (nSPS) is 13.2. The van der Waals surface area contributed by atoms with Crippen LogP contribution in [0, 0.1) is 5.92 Å². The predicted octanol–water partition coefficient (Wildman–Crippen LogP) is 3.88. The molecule has 0 amide bonds. The first kappa shape index (κ1) is 17.1. The van der Waals surface area contributed by atoms with E-state index in [9.17, 15) is 4.79 Å². The Balaban J connectivity index is 1.69. The van der Waals surface area contributed by atoms with Crippen molar-refractivity contribution in [3.05, 3.63) is 47.5 Å². The summed E-state index contributed by atoms with van der Waals surface area (Å²) in [6, 6.07) is 11.0. The number of ether oxygens (including phenoxy) is 4. The fourth-order valence-electron chi connectivity index (χ4n) is 2.68. The third-order valence-corrected chi connectivity index (χ3v) is 4.22. The molecular formula is C20H22O5. The largest absolute Gasteiger partial charge is 0.493 e. The van der Waals surface area contributed by atoms with Crippen LogP contribution in [0.15, 0.2) is 36.4 Å². The van der Waals surface area contributed by atoms with Gasteiger partial charge in [-0.05, 0) is 54.8 Å². The Morgan fingerprint density at radius 3 is 2.04 bits per heavy atom. The maximum absolute atomic E-state index is 12.0. The highest BCUT2D eigenvalue weighted by atomic mass is 16.5. The van der Waals surface area contributed by atoms with Crippen LogP contribution in [0.3, 0.4) is 0 Å². The summed E-state index contributed by atoms with van der Waals surface area (Å²) >= 11 is 0. The van der Waals surface area contributed by atoms with Crippen molar-refractivity contribution < 1.29 is 23.7 Å². The zero-order valence-corrected chi connectivity index (χ0v) is 14.7. The Morgan fingerprint density at radius 2 is 1.56 bits per heavy atom. The SMILES string of the molecule is COc1cc(COc2ccc(C(=O)C3CC3)cc2)cc(OC)c1OC. The quantitative estimate of drug-likeness (QED) is 0.681. The highest BCUT2D eigenvalue weighted by Gasteiger charge is 2.30. The van der Waals surface area contributed by atoms with E-state index >= 15 is 0 Å². The fourth-order valence-corrected chi connectivity index (χ4v) is 2.68. The third kappa shape index (κ3) is 3.87. The van der Waals surface area contributed by atoms with Crippen LogP contribution in [0.2, 0.25) is 0 Å². The Hall–Kier alpha value is -2.69. The lowest BCUT2D eigenvalue weighted by Crippen LogP contribution is -2.02. The van der Waals surface area contributed by atoms with Crippen LogP contribution in [-0.2, 0) is 6.61 Å². The van der Waals surface area contributed by atoms with Crippen molar-refractivity contribution >= 4 is 5.78 Å². The molecule has 0 saturated heterocycles. The number of Topliss-reactive ketones (excluding diaryl/α,β-unsaturated/α-hetero) is 1. The molecule has 0 spiro atoms. The van der Waals surface area contributed by atoms with E-state index < -0.39 is 0 Å². The fraction of sp³-hybridized carbons (Fsp3) is 0.350. The minimum absolute atomic E-state index is 0.228. The molecule has 0 N–H and O–H groups in total. The van der Waals surface area contributed by atoms with Crippen LogP contribution < -0.4 is 18.9 Å². The second-order valence-corrected chi connectivity index (χ2v) is 5.99. The molecule has 0 bridgehead atoms. The van der Waals surface area contributed by atoms with Crippen molar-refractivity contribution in [1.29, 1.82) is 0 Å². The molecule has 0 radical (unpaired) electrons. The van der Waals surface area contributed by atoms with Crippen LogP contribution in [0.4, 0.5) is 0 Å². The van der Waals surface area contributed by atoms with Crippen LogP contribution in [0.1, 0.15) is 28.8 Å². The van der Waals surface area contributed by atoms with Crippen molar-refractivity contribution in [3.63, 3.8) is 0 Å². The van der Waals surface area contributed by atoms with Gasteiger partial charge < -0.3 is 18.9 Å². The molecule has 5 heteroatoms. The zero-order valence-electron chi connectivity index (χ0n) is 14.7. The first-order valence-corrected chi connectivity index (χ1v) is 8.22. The van der Waals surface area contributed by atoms with Crippen LogP contribution >= 0.6 is 0 Å². The molecule has 0 heterocycles. The molecule has 1 fully saturated rings. The first-order chi connectivity index (χ1) is 12.2. The molecule has 0 aliphatic heterocycles. The predicted molar refractivity (Wildman–Crippen MR) is 93.9 cm³/mol. The van der Waals surface area contributed by atoms with Gasteiger partial charge in [-0.25, -0.2) is 0 Å². The summed E-state index contributed by atoms with van der Waals surface area (Å²) in [6.45, 7) is 0.354. The van der Waals surface area contributed by atoms with Gasteiger partial charge in [0.15, 0.2) is 17.3 Å². The lowest BCUT2D eigenvalue weighted by atomic mass is 10.1.